The van der Waals surface area contributed by atoms with E-state index >= 15 is 0 Å². The predicted octanol–water partition coefficient (Wildman–Crippen LogP) is 3.92. The highest BCUT2D eigenvalue weighted by atomic mass is 16.5. The third-order valence-corrected chi connectivity index (χ3v) is 7.42. The number of nitrogens with zero attached hydrogens (tertiary/aromatic N) is 3. The summed E-state index contributed by atoms with van der Waals surface area (Å²) in [6.07, 6.45) is 7.07. The molecular weight excluding hydrogens is 444 g/mol. The highest BCUT2D eigenvalue weighted by Gasteiger charge is 2.48. The van der Waals surface area contributed by atoms with Crippen LogP contribution in [0.25, 0.3) is 10.9 Å². The third kappa shape index (κ3) is 4.00. The van der Waals surface area contributed by atoms with Gasteiger partial charge in [-0.3, -0.25) is 14.6 Å². The number of hydrogen-bond acceptors (Lipinski definition) is 5. The van der Waals surface area contributed by atoms with E-state index in [2.05, 4.69) is 10.3 Å². The topological polar surface area (TPSA) is 85.7 Å². The SMILES string of the molecule is COc1ccc(OC)c2c1cc1n2CC(C)(C(=O)NC2CCCCC2)N(Cc2ccccn2)C1=O. The molecule has 1 N–H and O–H groups in total. The summed E-state index contributed by atoms with van der Waals surface area (Å²) in [5.74, 6) is 0.930. The first-order valence-corrected chi connectivity index (χ1v) is 12.2. The fourth-order valence-electron chi connectivity index (χ4n) is 5.44. The van der Waals surface area contributed by atoms with Gasteiger partial charge in [-0.1, -0.05) is 25.3 Å². The number of aromatic nitrogens is 2. The standard InChI is InChI=1S/C27H32N4O4/c1-27(26(33)29-18-9-5-4-6-10-18)17-30-21(25(32)31(27)16-19-11-7-8-14-28-19)15-20-22(34-2)12-13-23(35-3)24(20)30/h7-8,11-15,18H,4-6,9-10,16-17H2,1-3H3,(H,29,33). The molecule has 1 aliphatic heterocycles. The average molecular weight is 477 g/mol. The van der Waals surface area contributed by atoms with Gasteiger partial charge in [-0.15, -0.1) is 0 Å². The molecular formula is C27H32N4O4. The molecule has 8 heteroatoms. The first-order chi connectivity index (χ1) is 17.0. The largest absolute Gasteiger partial charge is 0.496 e. The normalized spacial score (nSPS) is 20.5. The van der Waals surface area contributed by atoms with Crippen LogP contribution in [-0.2, 0) is 17.9 Å². The zero-order valence-corrected chi connectivity index (χ0v) is 20.5. The van der Waals surface area contributed by atoms with Gasteiger partial charge in [0.05, 0.1) is 38.5 Å². The Hall–Kier alpha value is -3.55. The Morgan fingerprint density at radius 2 is 1.86 bits per heavy atom. The van der Waals surface area contributed by atoms with Crippen LogP contribution in [0.5, 0.6) is 11.5 Å². The van der Waals surface area contributed by atoms with Crippen molar-refractivity contribution in [3.63, 3.8) is 0 Å². The summed E-state index contributed by atoms with van der Waals surface area (Å²) in [5, 5.41) is 4.05. The van der Waals surface area contributed by atoms with Gasteiger partial charge in [-0.25, -0.2) is 0 Å². The van der Waals surface area contributed by atoms with E-state index in [1.807, 2.05) is 47.9 Å². The zero-order chi connectivity index (χ0) is 24.6. The quantitative estimate of drug-likeness (QED) is 0.583. The second-order valence-corrected chi connectivity index (χ2v) is 9.64. The van der Waals surface area contributed by atoms with Crippen molar-refractivity contribution < 1.29 is 19.1 Å². The Morgan fingerprint density at radius 3 is 2.54 bits per heavy atom. The van der Waals surface area contributed by atoms with E-state index in [1.165, 1.54) is 6.42 Å². The molecule has 184 valence electrons. The number of fused-ring (bicyclic) bond motifs is 3. The number of amides is 2. The van der Waals surface area contributed by atoms with E-state index < -0.39 is 5.54 Å². The molecule has 1 aliphatic carbocycles. The van der Waals surface area contributed by atoms with Crippen molar-refractivity contribution in [1.29, 1.82) is 0 Å². The molecule has 1 unspecified atom stereocenters. The summed E-state index contributed by atoms with van der Waals surface area (Å²) < 4.78 is 13.1. The van der Waals surface area contributed by atoms with Gasteiger partial charge < -0.3 is 24.3 Å². The molecule has 1 fully saturated rings. The molecule has 2 amide bonds. The van der Waals surface area contributed by atoms with Gasteiger partial charge in [0.15, 0.2) is 0 Å². The maximum absolute atomic E-state index is 14.0. The molecule has 0 radical (unpaired) electrons. The van der Waals surface area contributed by atoms with Crippen LogP contribution in [0.2, 0.25) is 0 Å². The van der Waals surface area contributed by atoms with Gasteiger partial charge in [0, 0.05) is 17.6 Å². The van der Waals surface area contributed by atoms with E-state index in [0.717, 1.165) is 42.3 Å². The van der Waals surface area contributed by atoms with Gasteiger partial charge >= 0.3 is 0 Å². The molecule has 1 atom stereocenters. The Morgan fingerprint density at radius 1 is 1.11 bits per heavy atom. The molecule has 0 spiro atoms. The molecule has 35 heavy (non-hydrogen) atoms. The maximum Gasteiger partial charge on any atom is 0.271 e. The summed E-state index contributed by atoms with van der Waals surface area (Å²) in [6.45, 7) is 2.39. The number of carbonyl (C=O) groups is 2. The van der Waals surface area contributed by atoms with Crippen molar-refractivity contribution in [2.75, 3.05) is 14.2 Å². The molecule has 3 heterocycles. The number of ether oxygens (including phenoxy) is 2. The van der Waals surface area contributed by atoms with Crippen molar-refractivity contribution >= 4 is 22.7 Å². The van der Waals surface area contributed by atoms with Crippen LogP contribution in [-0.4, -0.2) is 52.1 Å². The minimum Gasteiger partial charge on any atom is -0.496 e. The Balaban J connectivity index is 1.62. The van der Waals surface area contributed by atoms with Gasteiger partial charge in [0.25, 0.3) is 5.91 Å². The minimum absolute atomic E-state index is 0.136. The fourth-order valence-corrected chi connectivity index (χ4v) is 5.44. The van der Waals surface area contributed by atoms with Crippen molar-refractivity contribution in [2.45, 2.75) is 63.7 Å². The lowest BCUT2D eigenvalue weighted by molar-refractivity contribution is -0.134. The van der Waals surface area contributed by atoms with Crippen LogP contribution < -0.4 is 14.8 Å². The molecule has 8 nitrogen and oxygen atoms in total. The van der Waals surface area contributed by atoms with E-state index in [0.29, 0.717) is 23.7 Å². The summed E-state index contributed by atoms with van der Waals surface area (Å²) in [4.78, 5) is 34.0. The van der Waals surface area contributed by atoms with Gasteiger partial charge in [0.1, 0.15) is 22.7 Å². The molecule has 2 aliphatic rings. The Bertz CT molecular complexity index is 1250. The second kappa shape index (κ2) is 9.24. The average Bonchev–Trinajstić information content (AvgIpc) is 3.26. The third-order valence-electron chi connectivity index (χ3n) is 7.42. The monoisotopic (exact) mass is 476 g/mol. The van der Waals surface area contributed by atoms with E-state index in [1.54, 1.807) is 25.3 Å². The summed E-state index contributed by atoms with van der Waals surface area (Å²) in [5.41, 5.74) is 0.877. The molecule has 2 aromatic heterocycles. The first-order valence-electron chi connectivity index (χ1n) is 12.2. The van der Waals surface area contributed by atoms with Crippen LogP contribution in [0.3, 0.4) is 0 Å². The van der Waals surface area contributed by atoms with Crippen LogP contribution in [0, 0.1) is 0 Å². The molecule has 3 aromatic rings. The lowest BCUT2D eigenvalue weighted by Gasteiger charge is -2.44. The fraction of sp³-hybridized carbons (Fsp3) is 0.444. The number of hydrogen-bond donors (Lipinski definition) is 1. The van der Waals surface area contributed by atoms with Crippen molar-refractivity contribution in [3.05, 3.63) is 54.0 Å². The Labute approximate surface area is 205 Å². The first kappa shape index (κ1) is 23.2. The summed E-state index contributed by atoms with van der Waals surface area (Å²) >= 11 is 0. The van der Waals surface area contributed by atoms with Crippen LogP contribution in [0.15, 0.2) is 42.6 Å². The smallest absolute Gasteiger partial charge is 0.271 e. The molecule has 1 saturated carbocycles. The number of nitrogens with one attached hydrogen (secondary N) is 1. The lowest BCUT2D eigenvalue weighted by atomic mass is 9.91. The zero-order valence-electron chi connectivity index (χ0n) is 20.5. The van der Waals surface area contributed by atoms with Crippen LogP contribution >= 0.6 is 0 Å². The van der Waals surface area contributed by atoms with Crippen LogP contribution in [0.4, 0.5) is 0 Å². The second-order valence-electron chi connectivity index (χ2n) is 9.64. The predicted molar refractivity (Wildman–Crippen MR) is 133 cm³/mol. The number of rotatable bonds is 6. The van der Waals surface area contributed by atoms with E-state index in [4.69, 9.17) is 9.47 Å². The van der Waals surface area contributed by atoms with Gasteiger partial charge in [-0.2, -0.15) is 0 Å². The van der Waals surface area contributed by atoms with E-state index in [9.17, 15) is 9.59 Å². The lowest BCUT2D eigenvalue weighted by Crippen LogP contribution is -2.64. The number of benzene rings is 1. The van der Waals surface area contributed by atoms with Crippen molar-refractivity contribution in [2.24, 2.45) is 0 Å². The Kier molecular flexibility index (Phi) is 6.13. The molecule has 1 aromatic carbocycles. The summed E-state index contributed by atoms with van der Waals surface area (Å²) in [7, 11) is 3.21. The molecule has 5 rings (SSSR count). The van der Waals surface area contributed by atoms with E-state index in [-0.39, 0.29) is 24.4 Å². The number of pyridine rings is 1. The maximum atomic E-state index is 14.0. The summed E-state index contributed by atoms with van der Waals surface area (Å²) in [6, 6.07) is 11.2. The van der Waals surface area contributed by atoms with Crippen molar-refractivity contribution in [1.82, 2.24) is 19.8 Å². The number of carbonyl (C=O) groups excluding carboxylic acids is 2. The van der Waals surface area contributed by atoms with Crippen molar-refractivity contribution in [3.8, 4) is 11.5 Å². The van der Waals surface area contributed by atoms with Crippen LogP contribution in [0.1, 0.15) is 55.2 Å². The molecule has 0 bridgehead atoms. The van der Waals surface area contributed by atoms with Gasteiger partial charge in [-0.05, 0) is 50.1 Å². The van der Waals surface area contributed by atoms with Gasteiger partial charge in [0.2, 0.25) is 5.91 Å². The molecule has 0 saturated heterocycles. The minimum atomic E-state index is -1.11. The number of methoxy groups -OCH3 is 2. The highest BCUT2D eigenvalue weighted by Crippen LogP contribution is 2.40. The highest BCUT2D eigenvalue weighted by molar-refractivity contribution is 6.05.